The number of methoxy groups -OCH3 is 1. The molecule has 1 unspecified atom stereocenters. The smallest absolute Gasteiger partial charge is 0.307 e. The fraction of sp³-hybridized carbons (Fsp3) is 0.875. The molecule has 1 fully saturated rings. The van der Waals surface area contributed by atoms with E-state index in [2.05, 4.69) is 40.7 Å². The van der Waals surface area contributed by atoms with Crippen molar-refractivity contribution in [1.82, 2.24) is 10.2 Å². The van der Waals surface area contributed by atoms with Gasteiger partial charge in [0.25, 0.3) is 0 Å². The molecule has 0 spiro atoms. The number of nitrogens with one attached hydrogen (secondary N) is 1. The van der Waals surface area contributed by atoms with Gasteiger partial charge in [-0.25, -0.2) is 0 Å². The standard InChI is InChI=1S/C16H31N3O2/c1-5-13(6-2)14-9-11-19(12-14)16(17-7-3)18-10-8-15(20)21-4/h13-14H,5-12H2,1-4H3,(H,17,18). The van der Waals surface area contributed by atoms with Crippen molar-refractivity contribution in [2.24, 2.45) is 16.8 Å². The predicted octanol–water partition coefficient (Wildman–Crippen LogP) is 2.27. The molecular weight excluding hydrogens is 266 g/mol. The molecule has 1 aliphatic heterocycles. The summed E-state index contributed by atoms with van der Waals surface area (Å²) in [4.78, 5) is 18.1. The zero-order valence-corrected chi connectivity index (χ0v) is 14.0. The summed E-state index contributed by atoms with van der Waals surface area (Å²) in [5.74, 6) is 2.32. The molecule has 5 nitrogen and oxygen atoms in total. The lowest BCUT2D eigenvalue weighted by Crippen LogP contribution is -2.40. The van der Waals surface area contributed by atoms with Crippen LogP contribution in [0.1, 0.15) is 46.5 Å². The number of carbonyl (C=O) groups excluding carboxylic acids is 1. The van der Waals surface area contributed by atoms with Crippen molar-refractivity contribution in [3.63, 3.8) is 0 Å². The summed E-state index contributed by atoms with van der Waals surface area (Å²) in [5, 5.41) is 3.34. The van der Waals surface area contributed by atoms with E-state index in [0.717, 1.165) is 37.4 Å². The van der Waals surface area contributed by atoms with Crippen LogP contribution in [-0.2, 0) is 9.53 Å². The van der Waals surface area contributed by atoms with E-state index in [4.69, 9.17) is 0 Å². The summed E-state index contributed by atoms with van der Waals surface area (Å²) in [6.45, 7) is 10.1. The molecule has 1 atom stereocenters. The molecule has 1 heterocycles. The highest BCUT2D eigenvalue weighted by Crippen LogP contribution is 2.28. The van der Waals surface area contributed by atoms with Crippen molar-refractivity contribution in [1.29, 1.82) is 0 Å². The molecule has 0 aromatic heterocycles. The summed E-state index contributed by atoms with van der Waals surface area (Å²) in [6, 6.07) is 0. The van der Waals surface area contributed by atoms with Crippen molar-refractivity contribution < 1.29 is 9.53 Å². The number of esters is 1. The van der Waals surface area contributed by atoms with Crippen LogP contribution in [0.5, 0.6) is 0 Å². The lowest BCUT2D eigenvalue weighted by Gasteiger charge is -2.24. The Kier molecular flexibility index (Phi) is 8.16. The van der Waals surface area contributed by atoms with Gasteiger partial charge in [-0.05, 0) is 25.2 Å². The molecule has 0 saturated carbocycles. The van der Waals surface area contributed by atoms with Crippen LogP contribution in [0.4, 0.5) is 0 Å². The minimum Gasteiger partial charge on any atom is -0.469 e. The summed E-state index contributed by atoms with van der Waals surface area (Å²) in [7, 11) is 1.41. The van der Waals surface area contributed by atoms with Gasteiger partial charge >= 0.3 is 5.97 Å². The Morgan fingerprint density at radius 1 is 1.38 bits per heavy atom. The quantitative estimate of drug-likeness (QED) is 0.445. The number of aliphatic imine (C=N–C) groups is 1. The van der Waals surface area contributed by atoms with Gasteiger partial charge in [-0.3, -0.25) is 9.79 Å². The molecule has 0 radical (unpaired) electrons. The van der Waals surface area contributed by atoms with Gasteiger partial charge in [-0.1, -0.05) is 26.7 Å². The Balaban J connectivity index is 2.57. The molecule has 0 aliphatic carbocycles. The Labute approximate surface area is 129 Å². The summed E-state index contributed by atoms with van der Waals surface area (Å²) in [6.07, 6.45) is 4.10. The maximum Gasteiger partial charge on any atom is 0.307 e. The molecule has 5 heteroatoms. The molecule has 1 aliphatic rings. The van der Waals surface area contributed by atoms with Crippen LogP contribution in [0.2, 0.25) is 0 Å². The lowest BCUT2D eigenvalue weighted by molar-refractivity contribution is -0.140. The highest BCUT2D eigenvalue weighted by molar-refractivity contribution is 5.80. The molecule has 21 heavy (non-hydrogen) atoms. The minimum atomic E-state index is -0.203. The molecular formula is C16H31N3O2. The molecule has 0 bridgehead atoms. The molecule has 1 saturated heterocycles. The van der Waals surface area contributed by atoms with E-state index >= 15 is 0 Å². The van der Waals surface area contributed by atoms with Gasteiger partial charge in [0.15, 0.2) is 5.96 Å². The van der Waals surface area contributed by atoms with Gasteiger partial charge in [0, 0.05) is 19.6 Å². The average Bonchev–Trinajstić information content (AvgIpc) is 2.97. The second-order valence-corrected chi connectivity index (χ2v) is 5.63. The van der Waals surface area contributed by atoms with Crippen LogP contribution in [0, 0.1) is 11.8 Å². The van der Waals surface area contributed by atoms with Gasteiger partial charge in [-0.2, -0.15) is 0 Å². The number of rotatable bonds is 7. The number of hydrogen-bond donors (Lipinski definition) is 1. The van der Waals surface area contributed by atoms with Crippen molar-refractivity contribution in [3.05, 3.63) is 0 Å². The number of ether oxygens (including phenoxy) is 1. The monoisotopic (exact) mass is 297 g/mol. The van der Waals surface area contributed by atoms with Crippen molar-refractivity contribution in [2.75, 3.05) is 33.3 Å². The number of guanidine groups is 1. The number of hydrogen-bond acceptors (Lipinski definition) is 3. The maximum atomic E-state index is 11.2. The first-order valence-corrected chi connectivity index (χ1v) is 8.26. The third-order valence-electron chi connectivity index (χ3n) is 4.38. The van der Waals surface area contributed by atoms with Gasteiger partial charge < -0.3 is 15.0 Å². The fourth-order valence-corrected chi connectivity index (χ4v) is 3.10. The summed E-state index contributed by atoms with van der Waals surface area (Å²) < 4.78 is 4.65. The second kappa shape index (κ2) is 9.64. The van der Waals surface area contributed by atoms with Gasteiger partial charge in [-0.15, -0.1) is 0 Å². The van der Waals surface area contributed by atoms with Crippen LogP contribution in [0.3, 0.4) is 0 Å². The first-order chi connectivity index (χ1) is 10.2. The van der Waals surface area contributed by atoms with Crippen LogP contribution >= 0.6 is 0 Å². The Morgan fingerprint density at radius 3 is 2.67 bits per heavy atom. The van der Waals surface area contributed by atoms with E-state index in [0.29, 0.717) is 13.0 Å². The lowest BCUT2D eigenvalue weighted by atomic mass is 9.87. The van der Waals surface area contributed by atoms with Crippen molar-refractivity contribution in [3.8, 4) is 0 Å². The number of nitrogens with zero attached hydrogens (tertiary/aromatic N) is 2. The first-order valence-electron chi connectivity index (χ1n) is 8.26. The topological polar surface area (TPSA) is 53.9 Å². The van der Waals surface area contributed by atoms with Crippen LogP contribution in [-0.4, -0.2) is 50.1 Å². The molecule has 1 N–H and O–H groups in total. The van der Waals surface area contributed by atoms with Gasteiger partial charge in [0.05, 0.1) is 20.1 Å². The molecule has 122 valence electrons. The average molecular weight is 297 g/mol. The van der Waals surface area contributed by atoms with Crippen LogP contribution < -0.4 is 5.32 Å². The predicted molar refractivity (Wildman–Crippen MR) is 86.4 cm³/mol. The third kappa shape index (κ3) is 5.56. The van der Waals surface area contributed by atoms with Gasteiger partial charge in [0.2, 0.25) is 0 Å². The molecule has 0 aromatic rings. The minimum absolute atomic E-state index is 0.203. The van der Waals surface area contributed by atoms with E-state index < -0.39 is 0 Å². The SMILES string of the molecule is CCNC(=NCCC(=O)OC)N1CCC(C(CC)CC)C1. The van der Waals surface area contributed by atoms with E-state index in [-0.39, 0.29) is 5.97 Å². The van der Waals surface area contributed by atoms with Crippen molar-refractivity contribution in [2.45, 2.75) is 46.5 Å². The third-order valence-corrected chi connectivity index (χ3v) is 4.38. The largest absolute Gasteiger partial charge is 0.469 e. The fourth-order valence-electron chi connectivity index (χ4n) is 3.10. The highest BCUT2D eigenvalue weighted by Gasteiger charge is 2.29. The number of carbonyl (C=O) groups is 1. The van der Waals surface area contributed by atoms with Crippen LogP contribution in [0.15, 0.2) is 4.99 Å². The first kappa shape index (κ1) is 17.8. The zero-order chi connectivity index (χ0) is 15.7. The zero-order valence-electron chi connectivity index (χ0n) is 14.0. The Morgan fingerprint density at radius 2 is 2.10 bits per heavy atom. The number of likely N-dealkylation sites (tertiary alicyclic amines) is 1. The van der Waals surface area contributed by atoms with E-state index in [1.807, 2.05) is 0 Å². The molecule has 0 amide bonds. The second-order valence-electron chi connectivity index (χ2n) is 5.63. The van der Waals surface area contributed by atoms with E-state index in [1.54, 1.807) is 0 Å². The van der Waals surface area contributed by atoms with E-state index in [9.17, 15) is 4.79 Å². The normalized spacial score (nSPS) is 19.2. The van der Waals surface area contributed by atoms with Crippen LogP contribution in [0.25, 0.3) is 0 Å². The van der Waals surface area contributed by atoms with Crippen molar-refractivity contribution >= 4 is 11.9 Å². The summed E-state index contributed by atoms with van der Waals surface area (Å²) >= 11 is 0. The van der Waals surface area contributed by atoms with E-state index in [1.165, 1.54) is 26.4 Å². The molecule has 0 aromatic carbocycles. The Bertz CT molecular complexity index is 340. The highest BCUT2D eigenvalue weighted by atomic mass is 16.5. The maximum absolute atomic E-state index is 11.2. The summed E-state index contributed by atoms with van der Waals surface area (Å²) in [5.41, 5.74) is 0. The van der Waals surface area contributed by atoms with Gasteiger partial charge in [0.1, 0.15) is 0 Å². The Hall–Kier alpha value is -1.26. The molecule has 1 rings (SSSR count).